The maximum absolute atomic E-state index is 13.1. The number of nitrogens with one attached hydrogen (secondary N) is 1. The van der Waals surface area contributed by atoms with Gasteiger partial charge in [0, 0.05) is 38.0 Å². The minimum atomic E-state index is -4.11. The Bertz CT molecular complexity index is 1240. The first-order valence-corrected chi connectivity index (χ1v) is 10.0. The number of hydrogen-bond acceptors (Lipinski definition) is 5. The molecule has 0 aliphatic heterocycles. The summed E-state index contributed by atoms with van der Waals surface area (Å²) in [4.78, 5) is 24.0. The summed E-state index contributed by atoms with van der Waals surface area (Å²) in [7, 11) is -1.41. The van der Waals surface area contributed by atoms with Crippen molar-refractivity contribution < 1.29 is 8.42 Å². The normalized spacial score (nSPS) is 11.8. The number of anilines is 1. The monoisotopic (exact) mass is 403 g/mol. The van der Waals surface area contributed by atoms with E-state index in [1.807, 2.05) is 19.9 Å². The van der Waals surface area contributed by atoms with Crippen molar-refractivity contribution in [3.8, 4) is 11.3 Å². The van der Waals surface area contributed by atoms with Crippen LogP contribution in [0.3, 0.4) is 0 Å². The highest BCUT2D eigenvalue weighted by Gasteiger charge is 2.25. The fourth-order valence-electron chi connectivity index (χ4n) is 2.66. The van der Waals surface area contributed by atoms with Crippen molar-refractivity contribution in [2.75, 3.05) is 4.72 Å². The molecule has 1 aromatic carbocycles. The molecule has 0 aliphatic carbocycles. The molecule has 9 nitrogen and oxygen atoms in total. The lowest BCUT2D eigenvalue weighted by Crippen LogP contribution is -2.38. The molecule has 10 heteroatoms. The van der Waals surface area contributed by atoms with Gasteiger partial charge in [0.1, 0.15) is 16.4 Å². The number of aromatic nitrogens is 4. The predicted octanol–water partition coefficient (Wildman–Crippen LogP) is 1.33. The van der Waals surface area contributed by atoms with Gasteiger partial charge in [-0.05, 0) is 13.8 Å². The zero-order valence-electron chi connectivity index (χ0n) is 15.9. The first-order valence-electron chi connectivity index (χ1n) is 8.56. The Labute approximate surface area is 161 Å². The Morgan fingerprint density at radius 1 is 1.04 bits per heavy atom. The highest BCUT2D eigenvalue weighted by atomic mass is 32.2. The van der Waals surface area contributed by atoms with Crippen LogP contribution in [0, 0.1) is 0 Å². The Morgan fingerprint density at radius 3 is 2.29 bits per heavy atom. The van der Waals surface area contributed by atoms with Gasteiger partial charge in [-0.15, -0.1) is 0 Å². The van der Waals surface area contributed by atoms with Gasteiger partial charge in [-0.3, -0.25) is 23.3 Å². The summed E-state index contributed by atoms with van der Waals surface area (Å²) in [6.45, 7) is 3.77. The van der Waals surface area contributed by atoms with Gasteiger partial charge in [0.2, 0.25) is 0 Å². The fraction of sp³-hybridized carbons (Fsp3) is 0.278. The lowest BCUT2D eigenvalue weighted by Gasteiger charge is -2.12. The van der Waals surface area contributed by atoms with E-state index in [1.165, 1.54) is 20.3 Å². The molecule has 0 unspecified atom stereocenters. The molecular formula is C18H21N5O4S. The third-order valence-corrected chi connectivity index (χ3v) is 5.68. The summed E-state index contributed by atoms with van der Waals surface area (Å²) in [5.41, 5.74) is -0.316. The lowest BCUT2D eigenvalue weighted by atomic mass is 10.2. The van der Waals surface area contributed by atoms with E-state index in [1.54, 1.807) is 28.9 Å². The van der Waals surface area contributed by atoms with Gasteiger partial charge < -0.3 is 0 Å². The van der Waals surface area contributed by atoms with E-state index in [0.29, 0.717) is 5.56 Å². The molecule has 1 N–H and O–H groups in total. The summed E-state index contributed by atoms with van der Waals surface area (Å²) in [6.07, 6.45) is 1.44. The highest BCUT2D eigenvalue weighted by Crippen LogP contribution is 2.28. The van der Waals surface area contributed by atoms with Crippen LogP contribution in [0.1, 0.15) is 19.9 Å². The third-order valence-electron chi connectivity index (χ3n) is 4.33. The van der Waals surface area contributed by atoms with Crippen molar-refractivity contribution in [3.05, 3.63) is 63.4 Å². The Morgan fingerprint density at radius 2 is 1.68 bits per heavy atom. The lowest BCUT2D eigenvalue weighted by molar-refractivity contribution is 0.532. The molecule has 0 aliphatic rings. The predicted molar refractivity (Wildman–Crippen MR) is 106 cm³/mol. The Hall–Kier alpha value is -3.14. The molecule has 0 bridgehead atoms. The summed E-state index contributed by atoms with van der Waals surface area (Å²) in [6, 6.07) is 9.94. The smallest absolute Gasteiger partial charge is 0.282 e. The second-order valence-corrected chi connectivity index (χ2v) is 8.31. The van der Waals surface area contributed by atoms with E-state index in [2.05, 4.69) is 9.82 Å². The van der Waals surface area contributed by atoms with Gasteiger partial charge in [-0.1, -0.05) is 30.3 Å². The molecule has 0 atom stereocenters. The van der Waals surface area contributed by atoms with E-state index in [-0.39, 0.29) is 22.4 Å². The van der Waals surface area contributed by atoms with Gasteiger partial charge in [-0.25, -0.2) is 13.2 Å². The van der Waals surface area contributed by atoms with Crippen LogP contribution >= 0.6 is 0 Å². The van der Waals surface area contributed by atoms with Crippen molar-refractivity contribution in [2.24, 2.45) is 14.1 Å². The Balaban J connectivity index is 2.15. The van der Waals surface area contributed by atoms with Crippen LogP contribution in [-0.2, 0) is 24.1 Å². The minimum absolute atomic E-state index is 0.0412. The molecule has 0 fully saturated rings. The van der Waals surface area contributed by atoms with Gasteiger partial charge in [-0.2, -0.15) is 5.10 Å². The van der Waals surface area contributed by atoms with E-state index >= 15 is 0 Å². The Kier molecular flexibility index (Phi) is 4.99. The van der Waals surface area contributed by atoms with Crippen molar-refractivity contribution in [1.82, 2.24) is 18.9 Å². The SMILES string of the molecule is CC(C)n1cc(S(=O)(=O)Nc2cc(=O)n(C)c(=O)n2C)c(-c2ccccc2)n1. The standard InChI is InChI=1S/C18H21N5O4S/c1-12(2)23-11-14(17(19-23)13-8-6-5-7-9-13)28(26,27)20-15-10-16(24)22(4)18(25)21(15)3/h5-12,20H,1-4H3. The molecule has 0 radical (unpaired) electrons. The molecule has 2 aromatic heterocycles. The average Bonchev–Trinajstić information content (AvgIpc) is 3.12. The first kappa shape index (κ1) is 19.6. The molecular weight excluding hydrogens is 382 g/mol. The van der Waals surface area contributed by atoms with Gasteiger partial charge in [0.25, 0.3) is 15.6 Å². The summed E-state index contributed by atoms with van der Waals surface area (Å²) < 4.78 is 32.1. The van der Waals surface area contributed by atoms with Crippen LogP contribution in [0.4, 0.5) is 5.82 Å². The minimum Gasteiger partial charge on any atom is -0.282 e. The highest BCUT2D eigenvalue weighted by molar-refractivity contribution is 7.92. The maximum atomic E-state index is 13.1. The molecule has 0 saturated carbocycles. The number of benzene rings is 1. The number of nitrogens with zero attached hydrogens (tertiary/aromatic N) is 4. The van der Waals surface area contributed by atoms with Crippen molar-refractivity contribution in [3.63, 3.8) is 0 Å². The average molecular weight is 403 g/mol. The number of hydrogen-bond donors (Lipinski definition) is 1. The summed E-state index contributed by atoms with van der Waals surface area (Å²) in [5.74, 6) is -0.121. The molecule has 0 spiro atoms. The van der Waals surface area contributed by atoms with Crippen molar-refractivity contribution in [2.45, 2.75) is 24.8 Å². The molecule has 3 aromatic rings. The topological polar surface area (TPSA) is 108 Å². The van der Waals surface area contributed by atoms with Gasteiger partial charge in [0.05, 0.1) is 0 Å². The number of rotatable bonds is 5. The maximum Gasteiger partial charge on any atom is 0.332 e. The third kappa shape index (κ3) is 3.50. The first-order chi connectivity index (χ1) is 13.1. The number of sulfonamides is 1. The van der Waals surface area contributed by atoms with E-state index < -0.39 is 21.3 Å². The molecule has 0 saturated heterocycles. The van der Waals surface area contributed by atoms with Crippen LogP contribution in [-0.4, -0.2) is 27.3 Å². The molecule has 3 rings (SSSR count). The summed E-state index contributed by atoms with van der Waals surface area (Å²) in [5, 5.41) is 4.42. The summed E-state index contributed by atoms with van der Waals surface area (Å²) >= 11 is 0. The van der Waals surface area contributed by atoms with Gasteiger partial charge in [0.15, 0.2) is 0 Å². The molecule has 2 heterocycles. The van der Waals surface area contributed by atoms with Crippen LogP contribution in [0.2, 0.25) is 0 Å². The van der Waals surface area contributed by atoms with E-state index in [0.717, 1.165) is 15.2 Å². The zero-order valence-corrected chi connectivity index (χ0v) is 16.8. The van der Waals surface area contributed by atoms with Crippen LogP contribution in [0.15, 0.2) is 57.1 Å². The van der Waals surface area contributed by atoms with E-state index in [4.69, 9.17) is 0 Å². The zero-order chi connectivity index (χ0) is 20.6. The van der Waals surface area contributed by atoms with Crippen LogP contribution in [0.5, 0.6) is 0 Å². The van der Waals surface area contributed by atoms with Crippen LogP contribution < -0.4 is 16.0 Å². The van der Waals surface area contributed by atoms with Gasteiger partial charge >= 0.3 is 5.69 Å². The largest absolute Gasteiger partial charge is 0.332 e. The van der Waals surface area contributed by atoms with Crippen molar-refractivity contribution in [1.29, 1.82) is 0 Å². The quantitative estimate of drug-likeness (QED) is 0.691. The second-order valence-electron chi connectivity index (χ2n) is 6.66. The molecule has 28 heavy (non-hydrogen) atoms. The molecule has 0 amide bonds. The molecule has 148 valence electrons. The fourth-order valence-corrected chi connectivity index (χ4v) is 3.90. The van der Waals surface area contributed by atoms with Crippen molar-refractivity contribution >= 4 is 15.8 Å². The second kappa shape index (κ2) is 7.12. The van der Waals surface area contributed by atoms with Crippen LogP contribution in [0.25, 0.3) is 11.3 Å². The van der Waals surface area contributed by atoms with E-state index in [9.17, 15) is 18.0 Å².